The van der Waals surface area contributed by atoms with Gasteiger partial charge < -0.3 is 10.0 Å². The third-order valence-electron chi connectivity index (χ3n) is 2.84. The van der Waals surface area contributed by atoms with Gasteiger partial charge in [0.05, 0.1) is 0 Å². The van der Waals surface area contributed by atoms with Gasteiger partial charge in [0.1, 0.15) is 0 Å². The molecule has 1 unspecified atom stereocenters. The van der Waals surface area contributed by atoms with Crippen LogP contribution >= 0.6 is 22.6 Å². The Morgan fingerprint density at radius 1 is 1.38 bits per heavy atom. The molecule has 1 aromatic carbocycles. The highest BCUT2D eigenvalue weighted by atomic mass is 127. The Morgan fingerprint density at radius 2 is 2.06 bits per heavy atom. The Kier molecular flexibility index (Phi) is 3.81. The molecule has 0 bridgehead atoms. The normalized spacial score (nSPS) is 20.5. The Labute approximate surface area is 109 Å². The lowest BCUT2D eigenvalue weighted by molar-refractivity contribution is -0.128. The first-order valence-electron chi connectivity index (χ1n) is 5.32. The molecule has 1 amide bonds. The van der Waals surface area contributed by atoms with Crippen molar-refractivity contribution in [2.45, 2.75) is 13.0 Å². The molecule has 0 saturated carbocycles. The number of aliphatic hydroxyl groups is 1. The lowest BCUT2D eigenvalue weighted by atomic mass is 10.1. The van der Waals surface area contributed by atoms with E-state index in [2.05, 4.69) is 22.6 Å². The van der Waals surface area contributed by atoms with E-state index in [9.17, 15) is 4.79 Å². The predicted octanol–water partition coefficient (Wildman–Crippen LogP) is 1.63. The maximum atomic E-state index is 11.6. The Hall–Kier alpha value is -0.620. The van der Waals surface area contributed by atoms with Crippen molar-refractivity contribution in [2.75, 3.05) is 13.2 Å². The molecule has 0 radical (unpaired) electrons. The van der Waals surface area contributed by atoms with Crippen molar-refractivity contribution in [1.82, 2.24) is 4.90 Å². The standard InChI is InChI=1S/C12H14INO2/c13-11-3-1-9(2-4-11)6-14-7-10(8-15)5-12(14)16/h1-4,10,15H,5-8H2. The van der Waals surface area contributed by atoms with Gasteiger partial charge in [0.25, 0.3) is 0 Å². The van der Waals surface area contributed by atoms with Crippen LogP contribution in [0.3, 0.4) is 0 Å². The number of hydrogen-bond acceptors (Lipinski definition) is 2. The molecule has 16 heavy (non-hydrogen) atoms. The van der Waals surface area contributed by atoms with E-state index >= 15 is 0 Å². The number of rotatable bonds is 3. The summed E-state index contributed by atoms with van der Waals surface area (Å²) in [7, 11) is 0. The van der Waals surface area contributed by atoms with Crippen molar-refractivity contribution in [3.63, 3.8) is 0 Å². The highest BCUT2D eigenvalue weighted by Crippen LogP contribution is 2.19. The molecule has 1 fully saturated rings. The van der Waals surface area contributed by atoms with Crippen LogP contribution in [0.15, 0.2) is 24.3 Å². The zero-order chi connectivity index (χ0) is 11.5. The van der Waals surface area contributed by atoms with Crippen LogP contribution < -0.4 is 0 Å². The van der Waals surface area contributed by atoms with Crippen LogP contribution in [0.5, 0.6) is 0 Å². The van der Waals surface area contributed by atoms with Gasteiger partial charge in [-0.25, -0.2) is 0 Å². The second-order valence-electron chi connectivity index (χ2n) is 4.15. The first kappa shape index (κ1) is 11.9. The van der Waals surface area contributed by atoms with Gasteiger partial charge in [0, 0.05) is 35.6 Å². The summed E-state index contributed by atoms with van der Waals surface area (Å²) in [4.78, 5) is 13.5. The predicted molar refractivity (Wildman–Crippen MR) is 69.8 cm³/mol. The zero-order valence-corrected chi connectivity index (χ0v) is 11.1. The summed E-state index contributed by atoms with van der Waals surface area (Å²) in [5.41, 5.74) is 1.15. The molecule has 1 atom stereocenters. The number of nitrogens with zero attached hydrogens (tertiary/aromatic N) is 1. The van der Waals surface area contributed by atoms with Gasteiger partial charge in [0.15, 0.2) is 0 Å². The lowest BCUT2D eigenvalue weighted by Gasteiger charge is -2.16. The molecule has 1 aliphatic rings. The van der Waals surface area contributed by atoms with E-state index in [4.69, 9.17) is 5.11 Å². The van der Waals surface area contributed by atoms with E-state index in [1.807, 2.05) is 29.2 Å². The first-order chi connectivity index (χ1) is 7.69. The zero-order valence-electron chi connectivity index (χ0n) is 8.90. The molecular weight excluding hydrogens is 317 g/mol. The van der Waals surface area contributed by atoms with Crippen molar-refractivity contribution >= 4 is 28.5 Å². The smallest absolute Gasteiger partial charge is 0.223 e. The molecular formula is C12H14INO2. The minimum Gasteiger partial charge on any atom is -0.396 e. The van der Waals surface area contributed by atoms with Crippen LogP contribution in [0.4, 0.5) is 0 Å². The molecule has 1 aliphatic heterocycles. The van der Waals surface area contributed by atoms with Crippen LogP contribution in [-0.4, -0.2) is 29.1 Å². The minimum atomic E-state index is 0.106. The van der Waals surface area contributed by atoms with E-state index in [-0.39, 0.29) is 18.4 Å². The summed E-state index contributed by atoms with van der Waals surface area (Å²) < 4.78 is 1.20. The Bertz CT molecular complexity index is 377. The van der Waals surface area contributed by atoms with Gasteiger partial charge in [-0.3, -0.25) is 4.79 Å². The molecule has 1 saturated heterocycles. The topological polar surface area (TPSA) is 40.5 Å². The van der Waals surface area contributed by atoms with Crippen LogP contribution in [0.1, 0.15) is 12.0 Å². The average molecular weight is 331 g/mol. The van der Waals surface area contributed by atoms with Gasteiger partial charge >= 0.3 is 0 Å². The highest BCUT2D eigenvalue weighted by Gasteiger charge is 2.28. The van der Waals surface area contributed by atoms with Crippen molar-refractivity contribution in [1.29, 1.82) is 0 Å². The molecule has 0 aliphatic carbocycles. The summed E-state index contributed by atoms with van der Waals surface area (Å²) in [6.45, 7) is 1.45. The quantitative estimate of drug-likeness (QED) is 0.856. The van der Waals surface area contributed by atoms with Crippen LogP contribution in [0.25, 0.3) is 0 Å². The molecule has 1 aromatic rings. The summed E-state index contributed by atoms with van der Waals surface area (Å²) in [5, 5.41) is 9.02. The SMILES string of the molecule is O=C1CC(CO)CN1Cc1ccc(I)cc1. The van der Waals surface area contributed by atoms with Crippen molar-refractivity contribution < 1.29 is 9.90 Å². The van der Waals surface area contributed by atoms with Gasteiger partial charge in [-0.05, 0) is 40.3 Å². The molecule has 1 heterocycles. The maximum Gasteiger partial charge on any atom is 0.223 e. The second kappa shape index (κ2) is 5.14. The highest BCUT2D eigenvalue weighted by molar-refractivity contribution is 14.1. The second-order valence-corrected chi connectivity index (χ2v) is 5.40. The van der Waals surface area contributed by atoms with E-state index in [0.717, 1.165) is 5.56 Å². The Morgan fingerprint density at radius 3 is 2.62 bits per heavy atom. The van der Waals surface area contributed by atoms with Crippen molar-refractivity contribution in [3.05, 3.63) is 33.4 Å². The van der Waals surface area contributed by atoms with Crippen LogP contribution in [0, 0.1) is 9.49 Å². The number of likely N-dealkylation sites (tertiary alicyclic amines) is 1. The summed E-state index contributed by atoms with van der Waals surface area (Å²) in [6, 6.07) is 8.17. The Balaban J connectivity index is 2.00. The third kappa shape index (κ3) is 2.74. The van der Waals surface area contributed by atoms with E-state index in [0.29, 0.717) is 19.5 Å². The number of carbonyl (C=O) groups excluding carboxylic acids is 1. The summed E-state index contributed by atoms with van der Waals surface area (Å²) in [5.74, 6) is 0.272. The van der Waals surface area contributed by atoms with E-state index < -0.39 is 0 Å². The maximum absolute atomic E-state index is 11.6. The average Bonchev–Trinajstić information content (AvgIpc) is 2.63. The molecule has 86 valence electrons. The first-order valence-corrected chi connectivity index (χ1v) is 6.40. The van der Waals surface area contributed by atoms with Crippen LogP contribution in [-0.2, 0) is 11.3 Å². The number of aliphatic hydroxyl groups excluding tert-OH is 1. The molecule has 3 nitrogen and oxygen atoms in total. The fourth-order valence-electron chi connectivity index (χ4n) is 1.94. The van der Waals surface area contributed by atoms with Crippen molar-refractivity contribution in [2.24, 2.45) is 5.92 Å². The molecule has 4 heteroatoms. The minimum absolute atomic E-state index is 0.106. The lowest BCUT2D eigenvalue weighted by Crippen LogP contribution is -2.24. The van der Waals surface area contributed by atoms with Gasteiger partial charge in [-0.2, -0.15) is 0 Å². The molecule has 1 N–H and O–H groups in total. The van der Waals surface area contributed by atoms with Crippen LogP contribution in [0.2, 0.25) is 0 Å². The number of benzene rings is 1. The number of halogens is 1. The van der Waals surface area contributed by atoms with Gasteiger partial charge in [0.2, 0.25) is 5.91 Å². The monoisotopic (exact) mass is 331 g/mol. The summed E-state index contributed by atoms with van der Waals surface area (Å²) >= 11 is 2.26. The van der Waals surface area contributed by atoms with E-state index in [1.54, 1.807) is 0 Å². The molecule has 0 spiro atoms. The van der Waals surface area contributed by atoms with Gasteiger partial charge in [-0.1, -0.05) is 12.1 Å². The third-order valence-corrected chi connectivity index (χ3v) is 3.56. The number of amides is 1. The fourth-order valence-corrected chi connectivity index (χ4v) is 2.30. The van der Waals surface area contributed by atoms with Gasteiger partial charge in [-0.15, -0.1) is 0 Å². The molecule has 0 aromatic heterocycles. The van der Waals surface area contributed by atoms with Crippen molar-refractivity contribution in [3.8, 4) is 0 Å². The number of carbonyl (C=O) groups is 1. The largest absolute Gasteiger partial charge is 0.396 e. The fraction of sp³-hybridized carbons (Fsp3) is 0.417. The molecule has 2 rings (SSSR count). The number of hydrogen-bond donors (Lipinski definition) is 1. The summed E-state index contributed by atoms with van der Waals surface area (Å²) in [6.07, 6.45) is 0.487. The van der Waals surface area contributed by atoms with E-state index in [1.165, 1.54) is 3.57 Å².